The second-order valence-corrected chi connectivity index (χ2v) is 5.21. The highest BCUT2D eigenvalue weighted by atomic mass is 32.1. The molecule has 0 saturated carbocycles. The Hall–Kier alpha value is -1.99. The van der Waals surface area contributed by atoms with Crippen molar-refractivity contribution >= 4 is 38.6 Å². The van der Waals surface area contributed by atoms with Crippen LogP contribution in [0, 0.1) is 6.92 Å². The van der Waals surface area contributed by atoms with Crippen LogP contribution in [-0.2, 0) is 9.59 Å². The van der Waals surface area contributed by atoms with E-state index in [1.54, 1.807) is 0 Å². The minimum absolute atomic E-state index is 0.407. The Bertz CT molecular complexity index is 638. The highest BCUT2D eigenvalue weighted by molar-refractivity contribution is 7.22. The fourth-order valence-electron chi connectivity index (χ4n) is 1.56. The van der Waals surface area contributed by atoms with Gasteiger partial charge in [-0.25, -0.2) is 4.98 Å². The molecule has 0 aliphatic rings. The third kappa shape index (κ3) is 3.27. The molecule has 0 radical (unpaired) electrons. The summed E-state index contributed by atoms with van der Waals surface area (Å²) >= 11 is 1.33. The molecule has 2 rings (SSSR count). The van der Waals surface area contributed by atoms with Crippen LogP contribution in [0.2, 0.25) is 0 Å². The smallest absolute Gasteiger partial charge is 0.305 e. The first kappa shape index (κ1) is 13.4. The maximum Gasteiger partial charge on any atom is 0.305 e. The fraction of sp³-hybridized carbons (Fsp3) is 0.250. The zero-order valence-corrected chi connectivity index (χ0v) is 11.0. The number of nitrogens with zero attached hydrogens (tertiary/aromatic N) is 1. The van der Waals surface area contributed by atoms with Crippen molar-refractivity contribution in [3.8, 4) is 0 Å². The first-order valence-corrected chi connectivity index (χ1v) is 6.43. The summed E-state index contributed by atoms with van der Waals surface area (Å²) in [5, 5.41) is 11.5. The van der Waals surface area contributed by atoms with Crippen LogP contribution in [0.3, 0.4) is 0 Å². The van der Waals surface area contributed by atoms with E-state index in [9.17, 15) is 9.59 Å². The number of thiazole rings is 1. The molecule has 1 unspecified atom stereocenters. The molecule has 0 aliphatic heterocycles. The van der Waals surface area contributed by atoms with Crippen LogP contribution in [-0.4, -0.2) is 28.0 Å². The van der Waals surface area contributed by atoms with Crippen molar-refractivity contribution in [3.05, 3.63) is 23.8 Å². The summed E-state index contributed by atoms with van der Waals surface area (Å²) in [7, 11) is 0. The average molecular weight is 279 g/mol. The Morgan fingerprint density at radius 2 is 2.26 bits per heavy atom. The van der Waals surface area contributed by atoms with Gasteiger partial charge in [-0.1, -0.05) is 17.4 Å². The van der Waals surface area contributed by atoms with Crippen LogP contribution in [0.1, 0.15) is 12.0 Å². The van der Waals surface area contributed by atoms with E-state index in [0.717, 1.165) is 15.8 Å². The van der Waals surface area contributed by atoms with Crippen LogP contribution >= 0.6 is 11.3 Å². The monoisotopic (exact) mass is 279 g/mol. The number of carboxylic acids is 1. The Morgan fingerprint density at radius 1 is 1.53 bits per heavy atom. The lowest BCUT2D eigenvalue weighted by molar-refractivity contribution is -0.138. The Labute approximate surface area is 113 Å². The molecule has 1 aromatic carbocycles. The van der Waals surface area contributed by atoms with Crippen LogP contribution in [0.4, 0.5) is 5.13 Å². The van der Waals surface area contributed by atoms with Gasteiger partial charge in [0.15, 0.2) is 5.13 Å². The van der Waals surface area contributed by atoms with Gasteiger partial charge < -0.3 is 16.2 Å². The van der Waals surface area contributed by atoms with Gasteiger partial charge in [0.25, 0.3) is 0 Å². The first-order valence-electron chi connectivity index (χ1n) is 5.61. The molecule has 1 atom stereocenters. The van der Waals surface area contributed by atoms with Crippen molar-refractivity contribution in [2.75, 3.05) is 5.32 Å². The lowest BCUT2D eigenvalue weighted by Crippen LogP contribution is -2.37. The van der Waals surface area contributed by atoms with Crippen LogP contribution in [0.15, 0.2) is 18.2 Å². The number of amides is 1. The minimum Gasteiger partial charge on any atom is -0.481 e. The normalized spacial score (nSPS) is 12.3. The molecule has 100 valence electrons. The number of hydrogen-bond acceptors (Lipinski definition) is 5. The molecular weight excluding hydrogens is 266 g/mol. The van der Waals surface area contributed by atoms with E-state index in [-0.39, 0.29) is 0 Å². The maximum absolute atomic E-state index is 11.7. The van der Waals surface area contributed by atoms with Crippen molar-refractivity contribution in [2.45, 2.75) is 19.4 Å². The predicted molar refractivity (Wildman–Crippen MR) is 73.2 cm³/mol. The van der Waals surface area contributed by atoms with Crippen molar-refractivity contribution < 1.29 is 14.7 Å². The molecule has 7 heteroatoms. The summed E-state index contributed by atoms with van der Waals surface area (Å²) in [5.74, 6) is -1.65. The van der Waals surface area contributed by atoms with Gasteiger partial charge >= 0.3 is 5.97 Å². The molecule has 0 saturated heterocycles. The highest BCUT2D eigenvalue weighted by Gasteiger charge is 2.18. The highest BCUT2D eigenvalue weighted by Crippen LogP contribution is 2.26. The summed E-state index contributed by atoms with van der Waals surface area (Å²) in [6.45, 7) is 1.97. The maximum atomic E-state index is 11.7. The summed E-state index contributed by atoms with van der Waals surface area (Å²) in [6.07, 6.45) is -0.407. The predicted octanol–water partition coefficient (Wildman–Crippen LogP) is 1.35. The summed E-state index contributed by atoms with van der Waals surface area (Å²) in [4.78, 5) is 26.4. The number of fused-ring (bicyclic) bond motifs is 1. The Kier molecular flexibility index (Phi) is 3.77. The molecule has 0 bridgehead atoms. The van der Waals surface area contributed by atoms with Gasteiger partial charge in [-0.15, -0.1) is 0 Å². The van der Waals surface area contributed by atoms with Gasteiger partial charge in [0, 0.05) is 0 Å². The zero-order valence-electron chi connectivity index (χ0n) is 10.2. The van der Waals surface area contributed by atoms with Gasteiger partial charge in [0.2, 0.25) is 5.91 Å². The SMILES string of the molecule is Cc1ccc2nc(NC(=O)C(N)CC(=O)O)sc2c1. The Balaban J connectivity index is 2.12. The van der Waals surface area contributed by atoms with E-state index < -0.39 is 24.3 Å². The van der Waals surface area contributed by atoms with Gasteiger partial charge in [0.05, 0.1) is 22.7 Å². The number of rotatable bonds is 4. The van der Waals surface area contributed by atoms with Crippen molar-refractivity contribution in [1.82, 2.24) is 4.98 Å². The second kappa shape index (κ2) is 5.33. The molecule has 2 aromatic rings. The molecule has 0 aliphatic carbocycles. The van der Waals surface area contributed by atoms with Gasteiger partial charge in [0.1, 0.15) is 0 Å². The molecule has 4 N–H and O–H groups in total. The Morgan fingerprint density at radius 3 is 2.95 bits per heavy atom. The van der Waals surface area contributed by atoms with E-state index in [0.29, 0.717) is 5.13 Å². The first-order chi connectivity index (χ1) is 8.95. The molecule has 1 heterocycles. The second-order valence-electron chi connectivity index (χ2n) is 4.18. The zero-order chi connectivity index (χ0) is 14.0. The van der Waals surface area contributed by atoms with E-state index >= 15 is 0 Å². The number of carbonyl (C=O) groups excluding carboxylic acids is 1. The lowest BCUT2D eigenvalue weighted by atomic mass is 10.2. The standard InChI is InChI=1S/C12H13N3O3S/c1-6-2-3-8-9(4-6)19-12(14-8)15-11(18)7(13)5-10(16)17/h2-4,7H,5,13H2,1H3,(H,16,17)(H,14,15,18). The van der Waals surface area contributed by atoms with E-state index in [1.807, 2.05) is 25.1 Å². The number of nitrogens with two attached hydrogens (primary N) is 1. The van der Waals surface area contributed by atoms with Crippen LogP contribution in [0.5, 0.6) is 0 Å². The van der Waals surface area contributed by atoms with E-state index in [2.05, 4.69) is 10.3 Å². The molecule has 1 aromatic heterocycles. The van der Waals surface area contributed by atoms with Crippen molar-refractivity contribution in [2.24, 2.45) is 5.73 Å². The molecule has 0 fully saturated rings. The summed E-state index contributed by atoms with van der Waals surface area (Å²) < 4.78 is 0.960. The third-order valence-electron chi connectivity index (χ3n) is 2.51. The van der Waals surface area contributed by atoms with Gasteiger partial charge in [-0.05, 0) is 24.6 Å². The van der Waals surface area contributed by atoms with E-state index in [4.69, 9.17) is 10.8 Å². The summed E-state index contributed by atoms with van der Waals surface area (Å²) in [6, 6.07) is 4.70. The number of aliphatic carboxylic acids is 1. The van der Waals surface area contributed by atoms with Crippen molar-refractivity contribution in [1.29, 1.82) is 0 Å². The number of benzene rings is 1. The molecular formula is C12H13N3O3S. The third-order valence-corrected chi connectivity index (χ3v) is 3.44. The van der Waals surface area contributed by atoms with Crippen molar-refractivity contribution in [3.63, 3.8) is 0 Å². The topological polar surface area (TPSA) is 105 Å². The molecule has 6 nitrogen and oxygen atoms in total. The number of aryl methyl sites for hydroxylation is 1. The quantitative estimate of drug-likeness (QED) is 0.783. The van der Waals surface area contributed by atoms with E-state index in [1.165, 1.54) is 11.3 Å². The molecule has 1 amide bonds. The fourth-order valence-corrected chi connectivity index (χ4v) is 2.53. The minimum atomic E-state index is -1.11. The number of nitrogens with one attached hydrogen (secondary N) is 1. The number of hydrogen-bond donors (Lipinski definition) is 3. The largest absolute Gasteiger partial charge is 0.481 e. The molecule has 0 spiro atoms. The molecule has 19 heavy (non-hydrogen) atoms. The average Bonchev–Trinajstić information content (AvgIpc) is 2.69. The number of carboxylic acid groups (broad SMARTS) is 1. The van der Waals surface area contributed by atoms with Crippen LogP contribution < -0.4 is 11.1 Å². The number of anilines is 1. The summed E-state index contributed by atoms with van der Waals surface area (Å²) in [5.41, 5.74) is 7.37. The number of aromatic nitrogens is 1. The van der Waals surface area contributed by atoms with Crippen LogP contribution in [0.25, 0.3) is 10.2 Å². The van der Waals surface area contributed by atoms with Gasteiger partial charge in [-0.3, -0.25) is 9.59 Å². The lowest BCUT2D eigenvalue weighted by Gasteiger charge is -2.07. The number of carbonyl (C=O) groups is 2. The van der Waals surface area contributed by atoms with Gasteiger partial charge in [-0.2, -0.15) is 0 Å².